The van der Waals surface area contributed by atoms with E-state index in [1.807, 2.05) is 0 Å². The molecule has 0 unspecified atom stereocenters. The van der Waals surface area contributed by atoms with E-state index in [0.717, 1.165) is 0 Å². The number of nitrogens with zero attached hydrogens (tertiary/aromatic N) is 2. The molecule has 0 spiro atoms. The van der Waals surface area contributed by atoms with Crippen LogP contribution >= 0.6 is 0 Å². The summed E-state index contributed by atoms with van der Waals surface area (Å²) >= 11 is 0. The second kappa shape index (κ2) is 3.81. The Labute approximate surface area is 78.5 Å². The van der Waals surface area contributed by atoms with Gasteiger partial charge in [0.15, 0.2) is 6.29 Å². The van der Waals surface area contributed by atoms with Gasteiger partial charge < -0.3 is 0 Å². The third kappa shape index (κ3) is 2.58. The van der Waals surface area contributed by atoms with E-state index in [4.69, 9.17) is 0 Å². The van der Waals surface area contributed by atoms with Crippen LogP contribution < -0.4 is 0 Å². The average molecular weight is 206 g/mol. The predicted octanol–water partition coefficient (Wildman–Crippen LogP) is 1.96. The van der Waals surface area contributed by atoms with Crippen LogP contribution in [0.15, 0.2) is 6.20 Å². The molecule has 14 heavy (non-hydrogen) atoms. The van der Waals surface area contributed by atoms with Crippen LogP contribution in [0.3, 0.4) is 0 Å². The first kappa shape index (κ1) is 10.7. The lowest BCUT2D eigenvalue weighted by atomic mass is 10.3. The number of halogens is 3. The molecule has 0 radical (unpaired) electrons. The minimum atomic E-state index is -4.19. The van der Waals surface area contributed by atoms with Gasteiger partial charge in [0.05, 0.1) is 18.2 Å². The topological polar surface area (TPSA) is 34.9 Å². The maximum atomic E-state index is 11.9. The van der Waals surface area contributed by atoms with E-state index in [1.165, 1.54) is 10.9 Å². The molecule has 0 aliphatic rings. The van der Waals surface area contributed by atoms with Gasteiger partial charge in [0, 0.05) is 12.2 Å². The van der Waals surface area contributed by atoms with E-state index in [-0.39, 0.29) is 6.54 Å². The summed E-state index contributed by atoms with van der Waals surface area (Å²) in [6.07, 6.45) is -3.29. The van der Waals surface area contributed by atoms with Crippen molar-refractivity contribution in [2.24, 2.45) is 0 Å². The Balaban J connectivity index is 2.68. The number of aryl methyl sites for hydroxylation is 1. The number of rotatable bonds is 3. The highest BCUT2D eigenvalue weighted by Crippen LogP contribution is 2.20. The van der Waals surface area contributed by atoms with Gasteiger partial charge in [-0.1, -0.05) is 0 Å². The molecule has 1 heterocycles. The third-order valence-corrected chi connectivity index (χ3v) is 1.88. The number of hydrogen-bond donors (Lipinski definition) is 0. The molecule has 0 N–H and O–H groups in total. The molecule has 6 heteroatoms. The van der Waals surface area contributed by atoms with Gasteiger partial charge in [0.1, 0.15) is 0 Å². The molecule has 0 aliphatic carbocycles. The van der Waals surface area contributed by atoms with Crippen molar-refractivity contribution in [3.05, 3.63) is 17.5 Å². The zero-order chi connectivity index (χ0) is 10.8. The van der Waals surface area contributed by atoms with E-state index < -0.39 is 12.6 Å². The van der Waals surface area contributed by atoms with Crippen LogP contribution in [0.4, 0.5) is 13.2 Å². The van der Waals surface area contributed by atoms with Crippen LogP contribution in [0.5, 0.6) is 0 Å². The van der Waals surface area contributed by atoms with Gasteiger partial charge in [0.25, 0.3) is 0 Å². The van der Waals surface area contributed by atoms with Crippen molar-refractivity contribution in [3.8, 4) is 0 Å². The molecule has 0 aliphatic heterocycles. The Morgan fingerprint density at radius 3 is 2.64 bits per heavy atom. The Bertz CT molecular complexity index is 330. The molecule has 0 aromatic carbocycles. The highest BCUT2D eigenvalue weighted by Gasteiger charge is 2.27. The highest BCUT2D eigenvalue weighted by atomic mass is 19.4. The van der Waals surface area contributed by atoms with Gasteiger partial charge in [0.2, 0.25) is 0 Å². The molecule has 1 aromatic rings. The summed E-state index contributed by atoms with van der Waals surface area (Å²) in [5.41, 5.74) is 0.788. The predicted molar refractivity (Wildman–Crippen MR) is 43.0 cm³/mol. The van der Waals surface area contributed by atoms with Crippen LogP contribution in [-0.4, -0.2) is 22.2 Å². The number of alkyl halides is 3. The molecule has 0 fully saturated rings. The third-order valence-electron chi connectivity index (χ3n) is 1.88. The number of hydrogen-bond acceptors (Lipinski definition) is 2. The Morgan fingerprint density at radius 2 is 2.21 bits per heavy atom. The number of carbonyl (C=O) groups is 1. The normalized spacial score (nSPS) is 11.7. The molecule has 0 saturated carbocycles. The molecule has 78 valence electrons. The number of aldehydes is 1. The van der Waals surface area contributed by atoms with Crippen LogP contribution in [0.25, 0.3) is 0 Å². The molecule has 1 aromatic heterocycles. The van der Waals surface area contributed by atoms with Crippen molar-refractivity contribution in [2.45, 2.75) is 26.1 Å². The second-order valence-corrected chi connectivity index (χ2v) is 2.89. The summed E-state index contributed by atoms with van der Waals surface area (Å²) in [4.78, 5) is 10.4. The summed E-state index contributed by atoms with van der Waals surface area (Å²) < 4.78 is 36.7. The molecule has 0 amide bonds. The largest absolute Gasteiger partial charge is 0.390 e. The van der Waals surface area contributed by atoms with Crippen molar-refractivity contribution in [1.29, 1.82) is 0 Å². The maximum Gasteiger partial charge on any atom is 0.390 e. The molecule has 3 nitrogen and oxygen atoms in total. The van der Waals surface area contributed by atoms with E-state index in [1.54, 1.807) is 6.92 Å². The molecular weight excluding hydrogens is 197 g/mol. The van der Waals surface area contributed by atoms with Crippen LogP contribution in [0.2, 0.25) is 0 Å². The zero-order valence-electron chi connectivity index (χ0n) is 7.51. The Morgan fingerprint density at radius 1 is 1.57 bits per heavy atom. The SMILES string of the molecule is Cc1c(C=O)cnn1CCC(F)(F)F. The maximum absolute atomic E-state index is 11.9. The summed E-state index contributed by atoms with van der Waals surface area (Å²) in [5.74, 6) is 0. The molecular formula is C8H9F3N2O. The Kier molecular flexibility index (Phi) is 2.93. The minimum absolute atomic E-state index is 0.247. The van der Waals surface area contributed by atoms with Crippen LogP contribution in [0.1, 0.15) is 22.5 Å². The van der Waals surface area contributed by atoms with Gasteiger partial charge in [-0.2, -0.15) is 18.3 Å². The number of aromatic nitrogens is 2. The lowest BCUT2D eigenvalue weighted by Crippen LogP contribution is -2.13. The van der Waals surface area contributed by atoms with Crippen molar-refractivity contribution < 1.29 is 18.0 Å². The standard InChI is InChI=1S/C8H9F3N2O/c1-6-7(5-14)4-12-13(6)3-2-8(9,10)11/h4-5H,2-3H2,1H3. The Hall–Kier alpha value is -1.33. The average Bonchev–Trinajstić information content (AvgIpc) is 2.42. The van der Waals surface area contributed by atoms with Gasteiger partial charge in [-0.3, -0.25) is 9.48 Å². The quantitative estimate of drug-likeness (QED) is 0.708. The van der Waals surface area contributed by atoms with Gasteiger partial charge in [-0.25, -0.2) is 0 Å². The number of carbonyl (C=O) groups excluding carboxylic acids is 1. The first-order valence-corrected chi connectivity index (χ1v) is 3.98. The lowest BCUT2D eigenvalue weighted by Gasteiger charge is -2.07. The van der Waals surface area contributed by atoms with Crippen molar-refractivity contribution in [1.82, 2.24) is 9.78 Å². The van der Waals surface area contributed by atoms with Crippen molar-refractivity contribution in [3.63, 3.8) is 0 Å². The molecule has 0 bridgehead atoms. The van der Waals surface area contributed by atoms with Crippen molar-refractivity contribution >= 4 is 6.29 Å². The summed E-state index contributed by atoms with van der Waals surface area (Å²) in [5, 5.41) is 3.68. The summed E-state index contributed by atoms with van der Waals surface area (Å²) in [6.45, 7) is 1.32. The first-order chi connectivity index (χ1) is 6.44. The van der Waals surface area contributed by atoms with E-state index in [0.29, 0.717) is 17.5 Å². The van der Waals surface area contributed by atoms with Crippen molar-refractivity contribution in [2.75, 3.05) is 0 Å². The molecule has 0 saturated heterocycles. The summed E-state index contributed by atoms with van der Waals surface area (Å²) in [7, 11) is 0. The fourth-order valence-electron chi connectivity index (χ4n) is 1.03. The summed E-state index contributed by atoms with van der Waals surface area (Å²) in [6, 6.07) is 0. The highest BCUT2D eigenvalue weighted by molar-refractivity contribution is 5.75. The lowest BCUT2D eigenvalue weighted by molar-refractivity contribution is -0.137. The fourth-order valence-corrected chi connectivity index (χ4v) is 1.03. The first-order valence-electron chi connectivity index (χ1n) is 3.98. The monoisotopic (exact) mass is 206 g/mol. The van der Waals surface area contributed by atoms with Gasteiger partial charge in [-0.05, 0) is 6.92 Å². The fraction of sp³-hybridized carbons (Fsp3) is 0.500. The van der Waals surface area contributed by atoms with E-state index >= 15 is 0 Å². The van der Waals surface area contributed by atoms with Crippen LogP contribution in [-0.2, 0) is 6.54 Å². The minimum Gasteiger partial charge on any atom is -0.298 e. The molecule has 1 rings (SSSR count). The zero-order valence-corrected chi connectivity index (χ0v) is 7.51. The van der Waals surface area contributed by atoms with E-state index in [2.05, 4.69) is 5.10 Å². The van der Waals surface area contributed by atoms with Gasteiger partial charge >= 0.3 is 6.18 Å². The van der Waals surface area contributed by atoms with Crippen LogP contribution in [0, 0.1) is 6.92 Å². The second-order valence-electron chi connectivity index (χ2n) is 2.89. The van der Waals surface area contributed by atoms with Gasteiger partial charge in [-0.15, -0.1) is 0 Å². The van der Waals surface area contributed by atoms with E-state index in [9.17, 15) is 18.0 Å². The molecule has 0 atom stereocenters. The smallest absolute Gasteiger partial charge is 0.298 e.